The predicted molar refractivity (Wildman–Crippen MR) is 46.9 cm³/mol. The molecule has 0 fully saturated rings. The Balaban J connectivity index is 3.84. The zero-order valence-electron chi connectivity index (χ0n) is 10.7. The standard InChI is InChI=1S/C9F14N2/c10-1-2(6(13,14)15)24-4(25-3(1)7(16,17)18)5(11,12)8(19,20)9(21,22)23. The second kappa shape index (κ2) is 5.55. The molecule has 1 heterocycles. The highest BCUT2D eigenvalue weighted by molar-refractivity contribution is 5.22. The van der Waals surface area contributed by atoms with Crippen molar-refractivity contribution in [1.29, 1.82) is 0 Å². The third-order valence-electron chi connectivity index (χ3n) is 2.42. The van der Waals surface area contributed by atoms with Gasteiger partial charge in [-0.2, -0.15) is 57.1 Å². The van der Waals surface area contributed by atoms with E-state index in [1.807, 2.05) is 0 Å². The fourth-order valence-electron chi connectivity index (χ4n) is 1.28. The fraction of sp³-hybridized carbons (Fsp3) is 0.556. The van der Waals surface area contributed by atoms with Crippen LogP contribution in [-0.4, -0.2) is 22.1 Å². The summed E-state index contributed by atoms with van der Waals surface area (Å²) in [6.07, 6.45) is -19.6. The average Bonchev–Trinajstić information content (AvgIpc) is 2.34. The summed E-state index contributed by atoms with van der Waals surface area (Å²) in [5.41, 5.74) is -6.77. The van der Waals surface area contributed by atoms with E-state index in [1.165, 1.54) is 9.97 Å². The number of alkyl halides is 13. The van der Waals surface area contributed by atoms with Crippen molar-refractivity contribution in [1.82, 2.24) is 9.97 Å². The lowest BCUT2D eigenvalue weighted by Crippen LogP contribution is -2.51. The maximum Gasteiger partial charge on any atom is 0.460 e. The van der Waals surface area contributed by atoms with E-state index in [1.54, 1.807) is 0 Å². The minimum atomic E-state index is -7.15. The Hall–Kier alpha value is -1.90. The van der Waals surface area contributed by atoms with E-state index in [0.29, 0.717) is 0 Å². The zero-order chi connectivity index (χ0) is 20.2. The molecular formula is C9F14N2. The molecule has 16 heteroatoms. The molecule has 0 radical (unpaired) electrons. The van der Waals surface area contributed by atoms with Crippen LogP contribution in [0.15, 0.2) is 0 Å². The molecule has 0 unspecified atom stereocenters. The van der Waals surface area contributed by atoms with Crippen LogP contribution < -0.4 is 0 Å². The second-order valence-corrected chi connectivity index (χ2v) is 4.20. The summed E-state index contributed by atoms with van der Waals surface area (Å²) in [6.45, 7) is 0. The summed E-state index contributed by atoms with van der Waals surface area (Å²) in [5.74, 6) is -20.8. The van der Waals surface area contributed by atoms with Gasteiger partial charge in [-0.05, 0) is 0 Å². The van der Waals surface area contributed by atoms with Gasteiger partial charge in [-0.25, -0.2) is 14.4 Å². The Morgan fingerprint density at radius 2 is 0.880 bits per heavy atom. The number of halogens is 14. The quantitative estimate of drug-likeness (QED) is 0.655. The molecule has 0 amide bonds. The minimum Gasteiger partial charge on any atom is -0.219 e. The molecule has 0 saturated carbocycles. The Kier molecular flexibility index (Phi) is 4.69. The van der Waals surface area contributed by atoms with Crippen molar-refractivity contribution in [2.75, 3.05) is 0 Å². The van der Waals surface area contributed by atoms with Crippen LogP contribution in [-0.2, 0) is 18.3 Å². The Morgan fingerprint density at radius 3 is 1.12 bits per heavy atom. The van der Waals surface area contributed by atoms with Crippen LogP contribution in [0.25, 0.3) is 0 Å². The molecule has 0 aliphatic rings. The van der Waals surface area contributed by atoms with E-state index in [0.717, 1.165) is 0 Å². The van der Waals surface area contributed by atoms with Gasteiger partial charge in [-0.1, -0.05) is 0 Å². The van der Waals surface area contributed by atoms with Gasteiger partial charge in [0, 0.05) is 0 Å². The largest absolute Gasteiger partial charge is 0.460 e. The molecule has 0 saturated heterocycles. The highest BCUT2D eigenvalue weighted by Gasteiger charge is 2.75. The van der Waals surface area contributed by atoms with E-state index in [-0.39, 0.29) is 0 Å². The first-order valence-electron chi connectivity index (χ1n) is 5.29. The Bertz CT molecular complexity index is 617. The lowest BCUT2D eigenvalue weighted by atomic mass is 10.1. The van der Waals surface area contributed by atoms with Crippen molar-refractivity contribution in [3.05, 3.63) is 23.0 Å². The summed E-state index contributed by atoms with van der Waals surface area (Å²) < 4.78 is 175. The van der Waals surface area contributed by atoms with E-state index in [9.17, 15) is 61.5 Å². The van der Waals surface area contributed by atoms with Crippen LogP contribution in [0.2, 0.25) is 0 Å². The van der Waals surface area contributed by atoms with Gasteiger partial charge in [-0.15, -0.1) is 0 Å². The summed E-state index contributed by atoms with van der Waals surface area (Å²) >= 11 is 0. The summed E-state index contributed by atoms with van der Waals surface area (Å²) in [7, 11) is 0. The van der Waals surface area contributed by atoms with Crippen molar-refractivity contribution in [2.45, 2.75) is 30.4 Å². The topological polar surface area (TPSA) is 25.8 Å². The SMILES string of the molecule is Fc1c(C(F)(F)F)nc(C(F)(F)C(F)(F)C(F)(F)F)nc1C(F)(F)F. The predicted octanol–water partition coefficient (Wildman–Crippen LogP) is 4.94. The van der Waals surface area contributed by atoms with Gasteiger partial charge in [0.25, 0.3) is 0 Å². The normalized spacial score (nSPS) is 14.8. The molecule has 0 spiro atoms. The minimum absolute atomic E-state index is 1.43. The van der Waals surface area contributed by atoms with Crippen LogP contribution >= 0.6 is 0 Å². The zero-order valence-corrected chi connectivity index (χ0v) is 10.7. The third kappa shape index (κ3) is 3.56. The van der Waals surface area contributed by atoms with Crippen LogP contribution in [0.4, 0.5) is 61.5 Å². The first kappa shape index (κ1) is 21.1. The van der Waals surface area contributed by atoms with Crippen molar-refractivity contribution in [3.63, 3.8) is 0 Å². The fourth-order valence-corrected chi connectivity index (χ4v) is 1.28. The second-order valence-electron chi connectivity index (χ2n) is 4.20. The molecule has 0 bridgehead atoms. The summed E-state index contributed by atoms with van der Waals surface area (Å²) in [6, 6.07) is 0. The highest BCUT2D eigenvalue weighted by Crippen LogP contribution is 2.51. The van der Waals surface area contributed by atoms with Crippen LogP contribution in [0.5, 0.6) is 0 Å². The Labute approximate surface area is 126 Å². The number of aromatic nitrogens is 2. The number of hydrogen-bond acceptors (Lipinski definition) is 2. The van der Waals surface area contributed by atoms with E-state index >= 15 is 0 Å². The molecule has 25 heavy (non-hydrogen) atoms. The van der Waals surface area contributed by atoms with Crippen molar-refractivity contribution < 1.29 is 61.5 Å². The number of hydrogen-bond donors (Lipinski definition) is 0. The molecule has 144 valence electrons. The highest BCUT2D eigenvalue weighted by atomic mass is 19.4. The summed E-state index contributed by atoms with van der Waals surface area (Å²) in [5, 5.41) is 0. The lowest BCUT2D eigenvalue weighted by Gasteiger charge is -2.27. The van der Waals surface area contributed by atoms with Crippen LogP contribution in [0.1, 0.15) is 17.2 Å². The molecule has 0 aliphatic heterocycles. The first-order chi connectivity index (χ1) is 10.7. The lowest BCUT2D eigenvalue weighted by molar-refractivity contribution is -0.361. The molecule has 1 rings (SSSR count). The van der Waals surface area contributed by atoms with E-state index < -0.39 is 53.4 Å². The summed E-state index contributed by atoms with van der Waals surface area (Å²) in [4.78, 5) is 2.86. The molecule has 2 nitrogen and oxygen atoms in total. The molecule has 1 aromatic heterocycles. The monoisotopic (exact) mass is 402 g/mol. The molecular weight excluding hydrogens is 402 g/mol. The van der Waals surface area contributed by atoms with Gasteiger partial charge in [0.15, 0.2) is 17.2 Å². The third-order valence-corrected chi connectivity index (χ3v) is 2.42. The van der Waals surface area contributed by atoms with Gasteiger partial charge < -0.3 is 0 Å². The maximum absolute atomic E-state index is 13.2. The molecule has 0 aliphatic carbocycles. The van der Waals surface area contributed by atoms with Gasteiger partial charge >= 0.3 is 30.4 Å². The van der Waals surface area contributed by atoms with Crippen LogP contribution in [0, 0.1) is 5.82 Å². The average molecular weight is 402 g/mol. The number of nitrogens with zero attached hydrogens (tertiary/aromatic N) is 2. The van der Waals surface area contributed by atoms with E-state index in [4.69, 9.17) is 0 Å². The first-order valence-corrected chi connectivity index (χ1v) is 5.29. The number of rotatable bonds is 2. The van der Waals surface area contributed by atoms with Gasteiger partial charge in [0.05, 0.1) is 0 Å². The van der Waals surface area contributed by atoms with Crippen molar-refractivity contribution in [2.24, 2.45) is 0 Å². The van der Waals surface area contributed by atoms with Gasteiger partial charge in [0.1, 0.15) is 0 Å². The van der Waals surface area contributed by atoms with Crippen molar-refractivity contribution in [3.8, 4) is 0 Å². The van der Waals surface area contributed by atoms with Gasteiger partial charge in [0.2, 0.25) is 5.82 Å². The van der Waals surface area contributed by atoms with Crippen molar-refractivity contribution >= 4 is 0 Å². The van der Waals surface area contributed by atoms with E-state index in [2.05, 4.69) is 0 Å². The molecule has 0 aromatic carbocycles. The molecule has 0 atom stereocenters. The Morgan fingerprint density at radius 1 is 0.560 bits per heavy atom. The molecule has 1 aromatic rings. The van der Waals surface area contributed by atoms with Gasteiger partial charge in [-0.3, -0.25) is 0 Å². The van der Waals surface area contributed by atoms with Crippen LogP contribution in [0.3, 0.4) is 0 Å². The maximum atomic E-state index is 13.2. The molecule has 0 N–H and O–H groups in total. The smallest absolute Gasteiger partial charge is 0.219 e.